The van der Waals surface area contributed by atoms with Gasteiger partial charge in [0.2, 0.25) is 0 Å². The number of fused-ring (bicyclic) bond motifs is 1. The van der Waals surface area contributed by atoms with Gasteiger partial charge < -0.3 is 15.4 Å². The lowest BCUT2D eigenvalue weighted by atomic mass is 10.0. The van der Waals surface area contributed by atoms with E-state index in [0.717, 1.165) is 17.5 Å². The molecule has 0 aliphatic carbocycles. The molecule has 7 nitrogen and oxygen atoms in total. The fourth-order valence-corrected chi connectivity index (χ4v) is 5.32. The van der Waals surface area contributed by atoms with Crippen LogP contribution in [0.5, 0.6) is 5.75 Å². The number of benzene rings is 3. The first kappa shape index (κ1) is 21.7. The minimum Gasteiger partial charge on any atom is -0.497 e. The molecule has 0 spiro atoms. The minimum absolute atomic E-state index is 0.214. The first-order chi connectivity index (χ1) is 15.4. The number of methoxy groups -OCH3 is 1. The molecule has 8 heteroatoms. The van der Waals surface area contributed by atoms with Gasteiger partial charge in [-0.25, -0.2) is 13.2 Å². The number of anilines is 3. The SMILES string of the molecule is COc1ccc(S(=O)(=O)N2CCCc3cc(NC(=O)Nc4cccc(C)c4)ccc32)cc1. The predicted molar refractivity (Wildman–Crippen MR) is 126 cm³/mol. The number of nitrogens with zero attached hydrogens (tertiary/aromatic N) is 1. The maximum absolute atomic E-state index is 13.2. The highest BCUT2D eigenvalue weighted by Crippen LogP contribution is 2.34. The lowest BCUT2D eigenvalue weighted by Gasteiger charge is -2.31. The molecule has 1 aliphatic rings. The van der Waals surface area contributed by atoms with Crippen molar-refractivity contribution in [3.05, 3.63) is 77.9 Å². The highest BCUT2D eigenvalue weighted by atomic mass is 32.2. The van der Waals surface area contributed by atoms with Gasteiger partial charge in [0.15, 0.2) is 0 Å². The monoisotopic (exact) mass is 451 g/mol. The number of rotatable bonds is 5. The van der Waals surface area contributed by atoms with Gasteiger partial charge in [-0.15, -0.1) is 0 Å². The number of hydrogen-bond donors (Lipinski definition) is 2. The Morgan fingerprint density at radius 1 is 0.969 bits per heavy atom. The normalized spacial score (nSPS) is 13.2. The molecule has 0 atom stereocenters. The summed E-state index contributed by atoms with van der Waals surface area (Å²) < 4.78 is 33.1. The van der Waals surface area contributed by atoms with Gasteiger partial charge >= 0.3 is 6.03 Å². The first-order valence-corrected chi connectivity index (χ1v) is 11.8. The molecule has 1 heterocycles. The molecule has 2 amide bonds. The molecule has 0 aromatic heterocycles. The van der Waals surface area contributed by atoms with E-state index in [1.807, 2.05) is 37.3 Å². The molecule has 166 valence electrons. The fraction of sp³-hybridized carbons (Fsp3) is 0.208. The molecule has 3 aromatic rings. The van der Waals surface area contributed by atoms with Crippen LogP contribution in [0.25, 0.3) is 0 Å². The average molecular weight is 452 g/mol. The second kappa shape index (κ2) is 8.92. The smallest absolute Gasteiger partial charge is 0.323 e. The Bertz CT molecular complexity index is 1240. The van der Waals surface area contributed by atoms with Crippen molar-refractivity contribution in [3.63, 3.8) is 0 Å². The molecule has 0 saturated carbocycles. The fourth-order valence-electron chi connectivity index (χ4n) is 3.78. The van der Waals surface area contributed by atoms with Gasteiger partial charge in [0.1, 0.15) is 5.75 Å². The van der Waals surface area contributed by atoms with Gasteiger partial charge in [0.25, 0.3) is 10.0 Å². The van der Waals surface area contributed by atoms with E-state index in [1.54, 1.807) is 36.4 Å². The standard InChI is InChI=1S/C24H25N3O4S/c1-17-5-3-7-19(15-17)25-24(28)26-20-8-13-23-18(16-20)6-4-14-27(23)32(29,30)22-11-9-21(31-2)10-12-22/h3,5,7-13,15-16H,4,6,14H2,1-2H3,(H2,25,26,28). The molecule has 3 aromatic carbocycles. The van der Waals surface area contributed by atoms with Crippen LogP contribution in [0.2, 0.25) is 0 Å². The van der Waals surface area contributed by atoms with E-state index in [0.29, 0.717) is 35.8 Å². The van der Waals surface area contributed by atoms with Gasteiger partial charge in [-0.05, 0) is 85.5 Å². The molecule has 4 rings (SSSR count). The van der Waals surface area contributed by atoms with Crippen LogP contribution in [-0.2, 0) is 16.4 Å². The number of aryl methyl sites for hydroxylation is 2. The average Bonchev–Trinajstić information content (AvgIpc) is 2.78. The molecular weight excluding hydrogens is 426 g/mol. The number of ether oxygens (including phenoxy) is 1. The van der Waals surface area contributed by atoms with Crippen molar-refractivity contribution in [2.45, 2.75) is 24.7 Å². The van der Waals surface area contributed by atoms with Crippen LogP contribution in [0.3, 0.4) is 0 Å². The topological polar surface area (TPSA) is 87.7 Å². The van der Waals surface area contributed by atoms with Crippen LogP contribution >= 0.6 is 0 Å². The van der Waals surface area contributed by atoms with Crippen molar-refractivity contribution in [3.8, 4) is 5.75 Å². The Hall–Kier alpha value is -3.52. The van der Waals surface area contributed by atoms with Crippen LogP contribution < -0.4 is 19.7 Å². The predicted octanol–water partition coefficient (Wildman–Crippen LogP) is 4.79. The van der Waals surface area contributed by atoms with Crippen LogP contribution in [0.4, 0.5) is 21.9 Å². The highest BCUT2D eigenvalue weighted by molar-refractivity contribution is 7.92. The zero-order valence-electron chi connectivity index (χ0n) is 18.0. The number of carbonyl (C=O) groups is 1. The van der Waals surface area contributed by atoms with E-state index in [-0.39, 0.29) is 10.9 Å². The number of hydrogen-bond acceptors (Lipinski definition) is 4. The first-order valence-electron chi connectivity index (χ1n) is 10.3. The number of urea groups is 1. The quantitative estimate of drug-likeness (QED) is 0.584. The zero-order chi connectivity index (χ0) is 22.7. The largest absolute Gasteiger partial charge is 0.497 e. The van der Waals surface area contributed by atoms with E-state index >= 15 is 0 Å². The van der Waals surface area contributed by atoms with Gasteiger partial charge in [-0.1, -0.05) is 12.1 Å². The summed E-state index contributed by atoms with van der Waals surface area (Å²) in [5.41, 5.74) is 3.88. The molecular formula is C24H25N3O4S. The third kappa shape index (κ3) is 4.55. The third-order valence-electron chi connectivity index (χ3n) is 5.34. The summed E-state index contributed by atoms with van der Waals surface area (Å²) in [5.74, 6) is 0.600. The van der Waals surface area contributed by atoms with E-state index in [2.05, 4.69) is 10.6 Å². The van der Waals surface area contributed by atoms with E-state index < -0.39 is 10.0 Å². The van der Waals surface area contributed by atoms with Crippen molar-refractivity contribution in [1.82, 2.24) is 0 Å². The maximum Gasteiger partial charge on any atom is 0.323 e. The van der Waals surface area contributed by atoms with Gasteiger partial charge in [-0.2, -0.15) is 0 Å². The van der Waals surface area contributed by atoms with Crippen molar-refractivity contribution in [2.24, 2.45) is 0 Å². The Balaban J connectivity index is 1.53. The molecule has 32 heavy (non-hydrogen) atoms. The summed E-state index contributed by atoms with van der Waals surface area (Å²) in [6, 6.07) is 18.9. The Morgan fingerprint density at radius 3 is 2.38 bits per heavy atom. The number of nitrogens with one attached hydrogen (secondary N) is 2. The maximum atomic E-state index is 13.2. The van der Waals surface area contributed by atoms with Crippen LogP contribution in [0, 0.1) is 6.92 Å². The Morgan fingerprint density at radius 2 is 1.69 bits per heavy atom. The van der Waals surface area contributed by atoms with E-state index in [4.69, 9.17) is 4.74 Å². The third-order valence-corrected chi connectivity index (χ3v) is 7.16. The van der Waals surface area contributed by atoms with Crippen LogP contribution in [0.15, 0.2) is 71.6 Å². The van der Waals surface area contributed by atoms with Crippen LogP contribution in [0.1, 0.15) is 17.5 Å². The summed E-state index contributed by atoms with van der Waals surface area (Å²) >= 11 is 0. The minimum atomic E-state index is -3.70. The number of sulfonamides is 1. The molecule has 0 bridgehead atoms. The summed E-state index contributed by atoms with van der Waals surface area (Å²) in [6.07, 6.45) is 1.43. The van der Waals surface area contributed by atoms with Gasteiger partial charge in [-0.3, -0.25) is 4.31 Å². The van der Waals surface area contributed by atoms with E-state index in [9.17, 15) is 13.2 Å². The zero-order valence-corrected chi connectivity index (χ0v) is 18.8. The van der Waals surface area contributed by atoms with Crippen molar-refractivity contribution in [2.75, 3.05) is 28.6 Å². The summed E-state index contributed by atoms with van der Waals surface area (Å²) in [5, 5.41) is 5.63. The van der Waals surface area contributed by atoms with Crippen LogP contribution in [-0.4, -0.2) is 28.1 Å². The summed E-state index contributed by atoms with van der Waals surface area (Å²) in [7, 11) is -2.16. The van der Waals surface area contributed by atoms with Gasteiger partial charge in [0, 0.05) is 17.9 Å². The molecule has 0 radical (unpaired) electrons. The summed E-state index contributed by atoms with van der Waals surface area (Å²) in [4.78, 5) is 12.6. The number of amides is 2. The molecule has 0 saturated heterocycles. The Kier molecular flexibility index (Phi) is 6.05. The highest BCUT2D eigenvalue weighted by Gasteiger charge is 2.29. The number of carbonyl (C=O) groups excluding carboxylic acids is 1. The lowest BCUT2D eigenvalue weighted by Crippen LogP contribution is -2.35. The Labute approximate surface area is 188 Å². The van der Waals surface area contributed by atoms with Crippen molar-refractivity contribution < 1.29 is 17.9 Å². The van der Waals surface area contributed by atoms with Gasteiger partial charge in [0.05, 0.1) is 17.7 Å². The molecule has 2 N–H and O–H groups in total. The molecule has 0 unspecified atom stereocenters. The molecule has 1 aliphatic heterocycles. The summed E-state index contributed by atoms with van der Waals surface area (Å²) in [6.45, 7) is 2.36. The second-order valence-corrected chi connectivity index (χ2v) is 9.51. The molecule has 0 fully saturated rings. The van der Waals surface area contributed by atoms with E-state index in [1.165, 1.54) is 11.4 Å². The van der Waals surface area contributed by atoms with Crippen molar-refractivity contribution >= 4 is 33.1 Å². The van der Waals surface area contributed by atoms with Crippen molar-refractivity contribution in [1.29, 1.82) is 0 Å². The second-order valence-electron chi connectivity index (χ2n) is 7.65. The lowest BCUT2D eigenvalue weighted by molar-refractivity contribution is 0.262.